The highest BCUT2D eigenvalue weighted by Gasteiger charge is 2.43. The number of hydrogen-bond donors (Lipinski definition) is 0. The van der Waals surface area contributed by atoms with E-state index in [1.54, 1.807) is 0 Å². The van der Waals surface area contributed by atoms with Gasteiger partial charge >= 0.3 is 0 Å². The molecular formula is C20H28N2O3. The first kappa shape index (κ1) is 17.8. The molecule has 2 aliphatic heterocycles. The molecule has 1 aromatic carbocycles. The van der Waals surface area contributed by atoms with Crippen molar-refractivity contribution in [1.82, 2.24) is 9.80 Å². The van der Waals surface area contributed by atoms with Crippen molar-refractivity contribution in [3.8, 4) is 5.75 Å². The Morgan fingerprint density at radius 2 is 1.72 bits per heavy atom. The van der Waals surface area contributed by atoms with E-state index < -0.39 is 0 Å². The highest BCUT2D eigenvalue weighted by Crippen LogP contribution is 2.30. The van der Waals surface area contributed by atoms with E-state index in [2.05, 4.69) is 0 Å². The topological polar surface area (TPSA) is 49.9 Å². The first-order chi connectivity index (χ1) is 11.7. The van der Waals surface area contributed by atoms with E-state index in [-0.39, 0.29) is 29.4 Å². The Kier molecular flexibility index (Phi) is 4.52. The minimum atomic E-state index is -0.227. The van der Waals surface area contributed by atoms with Crippen molar-refractivity contribution >= 4 is 11.8 Å². The molecule has 3 rings (SSSR count). The van der Waals surface area contributed by atoms with Gasteiger partial charge in [0.15, 0.2) is 0 Å². The van der Waals surface area contributed by atoms with Crippen LogP contribution >= 0.6 is 0 Å². The molecule has 0 spiro atoms. The van der Waals surface area contributed by atoms with Crippen LogP contribution in [0, 0.1) is 19.8 Å². The van der Waals surface area contributed by atoms with E-state index in [9.17, 15) is 9.59 Å². The third kappa shape index (κ3) is 3.51. The molecule has 136 valence electrons. The molecule has 5 heteroatoms. The molecule has 0 bridgehead atoms. The average molecular weight is 344 g/mol. The van der Waals surface area contributed by atoms with Gasteiger partial charge in [-0.1, -0.05) is 18.2 Å². The number of ether oxygens (including phenoxy) is 1. The van der Waals surface area contributed by atoms with Crippen LogP contribution in [0.25, 0.3) is 0 Å². The van der Waals surface area contributed by atoms with Crippen LogP contribution in [0.5, 0.6) is 5.75 Å². The van der Waals surface area contributed by atoms with Crippen molar-refractivity contribution in [2.24, 2.45) is 5.92 Å². The Hall–Kier alpha value is -2.04. The monoisotopic (exact) mass is 344 g/mol. The van der Waals surface area contributed by atoms with Crippen molar-refractivity contribution in [3.63, 3.8) is 0 Å². The van der Waals surface area contributed by atoms with Gasteiger partial charge in [-0.2, -0.15) is 0 Å². The summed E-state index contributed by atoms with van der Waals surface area (Å²) in [6, 6.07) is 6.09. The molecule has 2 amide bonds. The number of rotatable bonds is 3. The molecular weight excluding hydrogens is 316 g/mol. The molecule has 2 saturated heterocycles. The van der Waals surface area contributed by atoms with Crippen LogP contribution in [0.2, 0.25) is 0 Å². The highest BCUT2D eigenvalue weighted by molar-refractivity contribution is 5.90. The fraction of sp³-hybridized carbons (Fsp3) is 0.600. The second-order valence-electron chi connectivity index (χ2n) is 8.28. The maximum Gasteiger partial charge on any atom is 0.228 e. The molecule has 2 aliphatic rings. The van der Waals surface area contributed by atoms with E-state index >= 15 is 0 Å². The summed E-state index contributed by atoms with van der Waals surface area (Å²) in [7, 11) is 0. The van der Waals surface area contributed by atoms with Gasteiger partial charge in [0.25, 0.3) is 0 Å². The summed E-state index contributed by atoms with van der Waals surface area (Å²) in [6.45, 7) is 11.8. The number of nitrogens with zero attached hydrogens (tertiary/aromatic N) is 2. The summed E-state index contributed by atoms with van der Waals surface area (Å²) in [5.74, 6) is 0.874. The molecule has 0 aliphatic carbocycles. The van der Waals surface area contributed by atoms with Crippen LogP contribution in [-0.4, -0.2) is 52.9 Å². The van der Waals surface area contributed by atoms with E-state index in [1.165, 1.54) is 0 Å². The number of aryl methyl sites for hydroxylation is 2. The summed E-state index contributed by atoms with van der Waals surface area (Å²) < 4.78 is 6.08. The van der Waals surface area contributed by atoms with Gasteiger partial charge in [-0.15, -0.1) is 0 Å². The van der Waals surface area contributed by atoms with Crippen LogP contribution in [0.1, 0.15) is 38.3 Å². The zero-order valence-electron chi connectivity index (χ0n) is 15.8. The smallest absolute Gasteiger partial charge is 0.228 e. The lowest BCUT2D eigenvalue weighted by atomic mass is 10.0. The van der Waals surface area contributed by atoms with Crippen molar-refractivity contribution in [1.29, 1.82) is 0 Å². The Balaban J connectivity index is 1.55. The van der Waals surface area contributed by atoms with Crippen LogP contribution in [-0.2, 0) is 9.59 Å². The lowest BCUT2D eigenvalue weighted by molar-refractivity contribution is -0.144. The molecule has 0 unspecified atom stereocenters. The summed E-state index contributed by atoms with van der Waals surface area (Å²) in [4.78, 5) is 28.5. The number of carbonyl (C=O) groups is 2. The summed E-state index contributed by atoms with van der Waals surface area (Å²) >= 11 is 0. The number of carbonyl (C=O) groups excluding carboxylic acids is 2. The fourth-order valence-corrected chi connectivity index (χ4v) is 3.62. The standard InChI is InChI=1S/C20H28N2O3/c1-13-7-6-8-14(2)18(13)25-16-11-21(12-16)19(24)15-9-17(23)22(10-15)20(3,4)5/h6-8,15-16H,9-12H2,1-5H3/t15-/m1/s1. The molecule has 1 aromatic rings. The largest absolute Gasteiger partial charge is 0.486 e. The quantitative estimate of drug-likeness (QED) is 0.847. The molecule has 0 radical (unpaired) electrons. The minimum absolute atomic E-state index is 0.0413. The number of hydrogen-bond acceptors (Lipinski definition) is 3. The van der Waals surface area contributed by atoms with Gasteiger partial charge in [-0.3, -0.25) is 9.59 Å². The molecule has 0 saturated carbocycles. The lowest BCUT2D eigenvalue weighted by Crippen LogP contribution is -2.58. The van der Waals surface area contributed by atoms with Gasteiger partial charge in [-0.25, -0.2) is 0 Å². The maximum absolute atomic E-state index is 12.7. The molecule has 2 fully saturated rings. The van der Waals surface area contributed by atoms with E-state index in [0.717, 1.165) is 16.9 Å². The number of likely N-dealkylation sites (tertiary alicyclic amines) is 2. The SMILES string of the molecule is Cc1cccc(C)c1OC1CN(C(=O)[C@@H]2CC(=O)N(C(C)(C)C)C2)C1. The third-order valence-electron chi connectivity index (χ3n) is 5.14. The Morgan fingerprint density at radius 3 is 2.24 bits per heavy atom. The Bertz CT molecular complexity index is 666. The molecule has 1 atom stereocenters. The zero-order valence-corrected chi connectivity index (χ0v) is 15.8. The normalized spacial score (nSPS) is 21.5. The first-order valence-electron chi connectivity index (χ1n) is 8.99. The predicted molar refractivity (Wildman–Crippen MR) is 96.5 cm³/mol. The van der Waals surface area contributed by atoms with Crippen LogP contribution in [0.15, 0.2) is 18.2 Å². The second-order valence-corrected chi connectivity index (χ2v) is 8.28. The maximum atomic E-state index is 12.7. The number of para-hydroxylation sites is 1. The van der Waals surface area contributed by atoms with Gasteiger partial charge in [0.2, 0.25) is 11.8 Å². The lowest BCUT2D eigenvalue weighted by Gasteiger charge is -2.41. The zero-order chi connectivity index (χ0) is 18.4. The van der Waals surface area contributed by atoms with Crippen LogP contribution < -0.4 is 4.74 Å². The second kappa shape index (κ2) is 6.36. The molecule has 25 heavy (non-hydrogen) atoms. The van der Waals surface area contributed by atoms with Gasteiger partial charge in [-0.05, 0) is 45.7 Å². The molecule has 0 aromatic heterocycles. The summed E-state index contributed by atoms with van der Waals surface area (Å²) in [6.07, 6.45) is 0.370. The van der Waals surface area contributed by atoms with Crippen molar-refractivity contribution in [2.75, 3.05) is 19.6 Å². The van der Waals surface area contributed by atoms with Gasteiger partial charge in [0.05, 0.1) is 19.0 Å². The average Bonchev–Trinajstić information content (AvgIpc) is 2.86. The van der Waals surface area contributed by atoms with E-state index in [0.29, 0.717) is 26.1 Å². The highest BCUT2D eigenvalue weighted by atomic mass is 16.5. The summed E-state index contributed by atoms with van der Waals surface area (Å²) in [5, 5.41) is 0. The summed E-state index contributed by atoms with van der Waals surface area (Å²) in [5.41, 5.74) is 2.01. The predicted octanol–water partition coefficient (Wildman–Crippen LogP) is 2.54. The fourth-order valence-electron chi connectivity index (χ4n) is 3.62. The molecule has 2 heterocycles. The number of amides is 2. The Labute approximate surface area is 149 Å². The molecule has 0 N–H and O–H groups in total. The first-order valence-corrected chi connectivity index (χ1v) is 8.99. The van der Waals surface area contributed by atoms with Gasteiger partial charge < -0.3 is 14.5 Å². The van der Waals surface area contributed by atoms with Crippen molar-refractivity contribution in [3.05, 3.63) is 29.3 Å². The van der Waals surface area contributed by atoms with Gasteiger partial charge in [0, 0.05) is 18.5 Å². The van der Waals surface area contributed by atoms with E-state index in [4.69, 9.17) is 4.74 Å². The Morgan fingerprint density at radius 1 is 1.12 bits per heavy atom. The van der Waals surface area contributed by atoms with Crippen LogP contribution in [0.4, 0.5) is 0 Å². The third-order valence-corrected chi connectivity index (χ3v) is 5.14. The van der Waals surface area contributed by atoms with Crippen LogP contribution in [0.3, 0.4) is 0 Å². The molecule has 5 nitrogen and oxygen atoms in total. The van der Waals surface area contributed by atoms with Gasteiger partial charge in [0.1, 0.15) is 11.9 Å². The van der Waals surface area contributed by atoms with Crippen molar-refractivity contribution in [2.45, 2.75) is 52.7 Å². The minimum Gasteiger partial charge on any atom is -0.486 e. The van der Waals surface area contributed by atoms with Crippen molar-refractivity contribution < 1.29 is 14.3 Å². The number of benzene rings is 1. The van der Waals surface area contributed by atoms with E-state index in [1.807, 2.05) is 62.6 Å².